The number of carboxylic acid groups (broad SMARTS) is 2. The first-order valence-electron chi connectivity index (χ1n) is 11.1. The summed E-state index contributed by atoms with van der Waals surface area (Å²) in [7, 11) is 0. The van der Waals surface area contributed by atoms with E-state index in [1.165, 1.54) is 88.3 Å². The average Bonchev–Trinajstić information content (AvgIpc) is 2.76. The molecule has 0 saturated heterocycles. The Hall–Kier alpha value is -1.36. The molecule has 0 aliphatic rings. The summed E-state index contributed by atoms with van der Waals surface area (Å²) < 4.78 is 0. The van der Waals surface area contributed by atoms with Crippen molar-refractivity contribution in [3.63, 3.8) is 0 Å². The van der Waals surface area contributed by atoms with Crippen LogP contribution in [0.1, 0.15) is 97.4 Å². The third-order valence-electron chi connectivity index (χ3n) is 5.03. The van der Waals surface area contributed by atoms with Crippen LogP contribution >= 0.6 is 0 Å². The second kappa shape index (κ2) is 19.3. The van der Waals surface area contributed by atoms with Crippen molar-refractivity contribution in [2.75, 3.05) is 0 Å². The van der Waals surface area contributed by atoms with Gasteiger partial charge in [0.15, 0.2) is 0 Å². The van der Waals surface area contributed by atoms with Crippen LogP contribution in [0, 0.1) is 0 Å². The molecular formula is C26H34CaO4. The van der Waals surface area contributed by atoms with Crippen LogP contribution in [-0.2, 0) is 6.42 Å². The maximum atomic E-state index is 10.3. The SMILES string of the molecule is CCCCCCCCCCCCc1ccccc1.O=C([O-])c1ccccc1C(=O)[O-].[Ca+2]. The molecule has 0 unspecified atom stereocenters. The Morgan fingerprint density at radius 3 is 1.42 bits per heavy atom. The number of rotatable bonds is 13. The van der Waals surface area contributed by atoms with Gasteiger partial charge in [0.05, 0.1) is 11.9 Å². The topological polar surface area (TPSA) is 80.3 Å². The summed E-state index contributed by atoms with van der Waals surface area (Å²) in [5, 5.41) is 20.6. The van der Waals surface area contributed by atoms with E-state index in [1.807, 2.05) is 0 Å². The molecule has 0 amide bonds. The Morgan fingerprint density at radius 1 is 0.613 bits per heavy atom. The summed E-state index contributed by atoms with van der Waals surface area (Å²) in [6.45, 7) is 2.28. The molecule has 0 fully saturated rings. The molecule has 31 heavy (non-hydrogen) atoms. The van der Waals surface area contributed by atoms with Crippen LogP contribution in [0.2, 0.25) is 0 Å². The zero-order chi connectivity index (χ0) is 22.0. The smallest absolute Gasteiger partial charge is 0.545 e. The molecule has 0 aliphatic carbocycles. The molecule has 0 spiro atoms. The Bertz CT molecular complexity index is 698. The molecule has 0 aliphatic heterocycles. The van der Waals surface area contributed by atoms with Gasteiger partial charge in [0.2, 0.25) is 0 Å². The van der Waals surface area contributed by atoms with E-state index in [0.29, 0.717) is 0 Å². The number of hydrogen-bond acceptors (Lipinski definition) is 4. The summed E-state index contributed by atoms with van der Waals surface area (Å²) in [5.74, 6) is -3.04. The van der Waals surface area contributed by atoms with Gasteiger partial charge >= 0.3 is 37.7 Å². The zero-order valence-corrected chi connectivity index (χ0v) is 21.0. The fraction of sp³-hybridized carbons (Fsp3) is 0.462. The molecular weight excluding hydrogens is 416 g/mol. The third kappa shape index (κ3) is 14.3. The van der Waals surface area contributed by atoms with Crippen LogP contribution in [0.15, 0.2) is 54.6 Å². The number of hydrogen-bond donors (Lipinski definition) is 0. The van der Waals surface area contributed by atoms with Gasteiger partial charge in [0.25, 0.3) is 0 Å². The van der Waals surface area contributed by atoms with Crippen molar-refractivity contribution in [1.29, 1.82) is 0 Å². The normalized spacial score (nSPS) is 9.84. The number of aryl methyl sites for hydroxylation is 1. The van der Waals surface area contributed by atoms with Crippen LogP contribution in [0.4, 0.5) is 0 Å². The van der Waals surface area contributed by atoms with Gasteiger partial charge in [-0.05, 0) is 18.4 Å². The molecule has 0 atom stereocenters. The Labute approximate surface area is 217 Å². The van der Waals surface area contributed by atoms with Crippen LogP contribution in [0.5, 0.6) is 0 Å². The third-order valence-corrected chi connectivity index (χ3v) is 5.03. The van der Waals surface area contributed by atoms with Gasteiger partial charge in [-0.2, -0.15) is 0 Å². The summed E-state index contributed by atoms with van der Waals surface area (Å²) in [5.41, 5.74) is 0.770. The Kier molecular flexibility index (Phi) is 18.5. The van der Waals surface area contributed by atoms with E-state index in [2.05, 4.69) is 37.3 Å². The standard InChI is InChI=1S/C18H30.C8H6O4.Ca/c1-2-3-4-5-6-7-8-9-10-12-15-18-16-13-11-14-17-18;9-7(10)5-3-1-2-4-6(5)8(11)12;/h11,13-14,16-17H,2-10,12,15H2,1H3;1-4H,(H,9,10)(H,11,12);/q;;+2/p-2. The fourth-order valence-corrected chi connectivity index (χ4v) is 3.30. The Morgan fingerprint density at radius 2 is 1.00 bits per heavy atom. The molecule has 0 heterocycles. The maximum absolute atomic E-state index is 10.3. The number of unbranched alkanes of at least 4 members (excludes halogenated alkanes) is 9. The monoisotopic (exact) mass is 450 g/mol. The first-order chi connectivity index (χ1) is 14.6. The number of carboxylic acids is 2. The van der Waals surface area contributed by atoms with E-state index in [1.54, 1.807) is 0 Å². The average molecular weight is 451 g/mol. The minimum absolute atomic E-state index is 0. The van der Waals surface area contributed by atoms with E-state index in [9.17, 15) is 19.8 Å². The molecule has 164 valence electrons. The largest absolute Gasteiger partial charge is 2.00 e. The van der Waals surface area contributed by atoms with Gasteiger partial charge in [-0.3, -0.25) is 0 Å². The van der Waals surface area contributed by atoms with Crippen LogP contribution in [-0.4, -0.2) is 49.7 Å². The van der Waals surface area contributed by atoms with Gasteiger partial charge < -0.3 is 19.8 Å². The van der Waals surface area contributed by atoms with Crippen molar-refractivity contribution in [1.82, 2.24) is 0 Å². The number of aromatic carboxylic acids is 2. The molecule has 0 saturated carbocycles. The maximum Gasteiger partial charge on any atom is 2.00 e. The van der Waals surface area contributed by atoms with Gasteiger partial charge in [0.1, 0.15) is 0 Å². The molecule has 0 N–H and O–H groups in total. The molecule has 2 aromatic carbocycles. The summed E-state index contributed by atoms with van der Waals surface area (Å²) in [6, 6.07) is 16.0. The van der Waals surface area contributed by atoms with Gasteiger partial charge in [0, 0.05) is 11.1 Å². The zero-order valence-electron chi connectivity index (χ0n) is 18.8. The molecule has 2 rings (SSSR count). The summed E-state index contributed by atoms with van der Waals surface area (Å²) in [6.07, 6.45) is 15.5. The number of carbonyl (C=O) groups is 2. The van der Waals surface area contributed by atoms with E-state index in [4.69, 9.17) is 0 Å². The molecule has 0 aromatic heterocycles. The molecule has 5 heteroatoms. The summed E-state index contributed by atoms with van der Waals surface area (Å²) >= 11 is 0. The van der Waals surface area contributed by atoms with E-state index < -0.39 is 11.9 Å². The van der Waals surface area contributed by atoms with Crippen LogP contribution < -0.4 is 10.2 Å². The quantitative estimate of drug-likeness (QED) is 0.339. The predicted molar refractivity (Wildman–Crippen MR) is 123 cm³/mol. The number of benzene rings is 2. The second-order valence-corrected chi connectivity index (χ2v) is 7.54. The van der Waals surface area contributed by atoms with Crippen LogP contribution in [0.25, 0.3) is 0 Å². The van der Waals surface area contributed by atoms with Crippen LogP contribution in [0.3, 0.4) is 0 Å². The van der Waals surface area contributed by atoms with Crippen molar-refractivity contribution in [2.45, 2.75) is 77.6 Å². The minimum Gasteiger partial charge on any atom is -0.545 e. The molecule has 0 bridgehead atoms. The van der Waals surface area contributed by atoms with Crippen molar-refractivity contribution in [3.05, 3.63) is 71.3 Å². The van der Waals surface area contributed by atoms with E-state index >= 15 is 0 Å². The van der Waals surface area contributed by atoms with Gasteiger partial charge in [-0.25, -0.2) is 0 Å². The fourth-order valence-electron chi connectivity index (χ4n) is 3.30. The Balaban J connectivity index is 0.000000605. The predicted octanol–water partition coefficient (Wildman–Crippen LogP) is 4.18. The molecule has 0 radical (unpaired) electrons. The van der Waals surface area contributed by atoms with Crippen molar-refractivity contribution >= 4 is 49.7 Å². The van der Waals surface area contributed by atoms with E-state index in [0.717, 1.165) is 12.1 Å². The second-order valence-electron chi connectivity index (χ2n) is 7.54. The molecule has 2 aromatic rings. The van der Waals surface area contributed by atoms with Gasteiger partial charge in [-0.1, -0.05) is 119 Å². The van der Waals surface area contributed by atoms with E-state index in [-0.39, 0.29) is 48.9 Å². The summed E-state index contributed by atoms with van der Waals surface area (Å²) in [4.78, 5) is 20.6. The van der Waals surface area contributed by atoms with Gasteiger partial charge in [-0.15, -0.1) is 0 Å². The van der Waals surface area contributed by atoms with Crippen molar-refractivity contribution in [2.24, 2.45) is 0 Å². The minimum atomic E-state index is -1.52. The molecule has 4 nitrogen and oxygen atoms in total. The van der Waals surface area contributed by atoms with Crippen molar-refractivity contribution in [3.8, 4) is 0 Å². The van der Waals surface area contributed by atoms with Crippen molar-refractivity contribution < 1.29 is 19.8 Å². The first kappa shape index (κ1) is 29.6. The first-order valence-corrected chi connectivity index (χ1v) is 11.1. The number of carbonyl (C=O) groups excluding carboxylic acids is 2.